The largest absolute Gasteiger partial charge is 0.377 e. The Morgan fingerprint density at radius 3 is 3.12 bits per heavy atom. The molecule has 2 heterocycles. The van der Waals surface area contributed by atoms with Gasteiger partial charge in [0.05, 0.1) is 18.0 Å². The van der Waals surface area contributed by atoms with Crippen molar-refractivity contribution in [3.63, 3.8) is 0 Å². The predicted octanol–water partition coefficient (Wildman–Crippen LogP) is 2.97. The van der Waals surface area contributed by atoms with Gasteiger partial charge < -0.3 is 14.6 Å². The van der Waals surface area contributed by atoms with Crippen LogP contribution in [0.4, 0.5) is 0 Å². The maximum absolute atomic E-state index is 12.6. The maximum Gasteiger partial charge on any atom is 0.252 e. The normalized spacial score (nSPS) is 18.5. The van der Waals surface area contributed by atoms with Gasteiger partial charge in [0.2, 0.25) is 0 Å². The Labute approximate surface area is 146 Å². The van der Waals surface area contributed by atoms with Gasteiger partial charge in [0, 0.05) is 42.2 Å². The second-order valence-electron chi connectivity index (χ2n) is 6.08. The summed E-state index contributed by atoms with van der Waals surface area (Å²) in [4.78, 5) is 17.7. The zero-order chi connectivity index (χ0) is 16.8. The third-order valence-electron chi connectivity index (χ3n) is 4.00. The van der Waals surface area contributed by atoms with Crippen LogP contribution in [-0.4, -0.2) is 40.0 Å². The third-order valence-corrected chi connectivity index (χ3v) is 5.21. The zero-order valence-corrected chi connectivity index (χ0v) is 14.7. The van der Waals surface area contributed by atoms with Crippen molar-refractivity contribution in [3.8, 4) is 0 Å². The molecule has 1 N–H and O–H groups in total. The number of benzene rings is 1. The van der Waals surface area contributed by atoms with Gasteiger partial charge in [-0.3, -0.25) is 4.79 Å². The Hall–Kier alpha value is -1.79. The van der Waals surface area contributed by atoms with Gasteiger partial charge in [0.25, 0.3) is 5.91 Å². The van der Waals surface area contributed by atoms with E-state index in [4.69, 9.17) is 4.74 Å². The van der Waals surface area contributed by atoms with Crippen LogP contribution in [-0.2, 0) is 11.3 Å². The van der Waals surface area contributed by atoms with Crippen LogP contribution in [0, 0.1) is 0 Å². The molecule has 0 radical (unpaired) electrons. The number of nitrogens with one attached hydrogen (secondary N) is 1. The molecule has 1 aromatic heterocycles. The molecule has 1 amide bonds. The molecule has 24 heavy (non-hydrogen) atoms. The van der Waals surface area contributed by atoms with Crippen LogP contribution in [0.2, 0.25) is 0 Å². The van der Waals surface area contributed by atoms with Crippen LogP contribution >= 0.6 is 11.8 Å². The molecule has 1 aliphatic heterocycles. The Kier molecular flexibility index (Phi) is 5.93. The fraction of sp³-hybridized carbons (Fsp3) is 0.444. The van der Waals surface area contributed by atoms with Gasteiger partial charge >= 0.3 is 0 Å². The zero-order valence-electron chi connectivity index (χ0n) is 13.9. The van der Waals surface area contributed by atoms with Gasteiger partial charge in [0.15, 0.2) is 0 Å². The summed E-state index contributed by atoms with van der Waals surface area (Å²) in [6.07, 6.45) is 7.96. The van der Waals surface area contributed by atoms with Crippen LogP contribution in [0.5, 0.6) is 0 Å². The summed E-state index contributed by atoms with van der Waals surface area (Å²) >= 11 is 1.70. The minimum Gasteiger partial charge on any atom is -0.377 e. The average molecular weight is 345 g/mol. The maximum atomic E-state index is 12.6. The topological polar surface area (TPSA) is 56.2 Å². The van der Waals surface area contributed by atoms with Gasteiger partial charge in [-0.15, -0.1) is 11.8 Å². The van der Waals surface area contributed by atoms with E-state index in [9.17, 15) is 4.79 Å². The molecule has 0 saturated carbocycles. The standard InChI is InChI=1S/C18H23N3O2S/c1-14(11-21-9-8-19-13-21)20-18(22)16-6-2-3-7-17(16)24-12-15-5-4-10-23-15/h2-3,6-9,13-15H,4-5,10-12H2,1H3,(H,20,22)/t14-,15-/m1/s1. The second kappa shape index (κ2) is 8.35. The first-order chi connectivity index (χ1) is 11.7. The van der Waals surface area contributed by atoms with E-state index in [0.29, 0.717) is 12.6 Å². The van der Waals surface area contributed by atoms with E-state index in [0.717, 1.165) is 35.7 Å². The molecular formula is C18H23N3O2S. The van der Waals surface area contributed by atoms with Crippen molar-refractivity contribution in [2.75, 3.05) is 12.4 Å². The van der Waals surface area contributed by atoms with E-state index in [1.807, 2.05) is 42.0 Å². The van der Waals surface area contributed by atoms with Crippen LogP contribution in [0.25, 0.3) is 0 Å². The number of carbonyl (C=O) groups excluding carboxylic acids is 1. The van der Waals surface area contributed by atoms with Crippen molar-refractivity contribution in [3.05, 3.63) is 48.5 Å². The lowest BCUT2D eigenvalue weighted by atomic mass is 10.2. The van der Waals surface area contributed by atoms with Crippen LogP contribution in [0.15, 0.2) is 47.9 Å². The first-order valence-electron chi connectivity index (χ1n) is 8.32. The van der Waals surface area contributed by atoms with Crippen LogP contribution in [0.1, 0.15) is 30.1 Å². The van der Waals surface area contributed by atoms with Gasteiger partial charge in [-0.1, -0.05) is 12.1 Å². The molecule has 128 valence electrons. The van der Waals surface area contributed by atoms with E-state index in [-0.39, 0.29) is 11.9 Å². The first-order valence-corrected chi connectivity index (χ1v) is 9.31. The summed E-state index contributed by atoms with van der Waals surface area (Å²) in [5, 5.41) is 3.07. The minimum absolute atomic E-state index is 0.0296. The molecule has 3 rings (SSSR count). The van der Waals surface area contributed by atoms with E-state index >= 15 is 0 Å². The SMILES string of the molecule is C[C@H](Cn1ccnc1)NC(=O)c1ccccc1SC[C@H]1CCCO1. The molecule has 2 aromatic rings. The number of aromatic nitrogens is 2. The molecule has 1 aromatic carbocycles. The Morgan fingerprint density at radius 1 is 1.50 bits per heavy atom. The van der Waals surface area contributed by atoms with Crippen LogP contribution in [0.3, 0.4) is 0 Å². The quantitative estimate of drug-likeness (QED) is 0.784. The van der Waals surface area contributed by atoms with Crippen molar-refractivity contribution in [2.24, 2.45) is 0 Å². The molecule has 1 saturated heterocycles. The highest BCUT2D eigenvalue weighted by atomic mass is 32.2. The Balaban J connectivity index is 1.59. The van der Waals surface area contributed by atoms with E-state index in [1.165, 1.54) is 0 Å². The number of nitrogens with zero attached hydrogens (tertiary/aromatic N) is 2. The summed E-state index contributed by atoms with van der Waals surface area (Å²) in [5.74, 6) is 0.868. The molecule has 5 nitrogen and oxygen atoms in total. The lowest BCUT2D eigenvalue weighted by Crippen LogP contribution is -2.35. The number of ether oxygens (including phenoxy) is 1. The van der Waals surface area contributed by atoms with Gasteiger partial charge in [-0.05, 0) is 31.9 Å². The molecule has 0 aliphatic carbocycles. The lowest BCUT2D eigenvalue weighted by molar-refractivity contribution is 0.0933. The summed E-state index contributed by atoms with van der Waals surface area (Å²) in [6, 6.07) is 7.81. The molecular weight excluding hydrogens is 322 g/mol. The monoisotopic (exact) mass is 345 g/mol. The Morgan fingerprint density at radius 2 is 2.38 bits per heavy atom. The van der Waals surface area contributed by atoms with Gasteiger partial charge in [-0.25, -0.2) is 4.98 Å². The first kappa shape index (κ1) is 17.0. The van der Waals surface area contributed by atoms with E-state index in [1.54, 1.807) is 24.3 Å². The Bertz CT molecular complexity index is 654. The number of hydrogen-bond acceptors (Lipinski definition) is 4. The van der Waals surface area contributed by atoms with Crippen molar-refractivity contribution in [1.82, 2.24) is 14.9 Å². The second-order valence-corrected chi connectivity index (χ2v) is 7.14. The molecule has 0 bridgehead atoms. The van der Waals surface area contributed by atoms with Gasteiger partial charge in [-0.2, -0.15) is 0 Å². The average Bonchev–Trinajstić information content (AvgIpc) is 3.26. The summed E-state index contributed by atoms with van der Waals surface area (Å²) in [7, 11) is 0. The summed E-state index contributed by atoms with van der Waals surface area (Å²) in [5.41, 5.74) is 0.734. The van der Waals surface area contributed by atoms with E-state index in [2.05, 4.69) is 10.3 Å². The highest BCUT2D eigenvalue weighted by molar-refractivity contribution is 7.99. The fourth-order valence-corrected chi connectivity index (χ4v) is 3.92. The predicted molar refractivity (Wildman–Crippen MR) is 95.3 cm³/mol. The molecule has 0 unspecified atom stereocenters. The molecule has 1 aliphatic rings. The number of imidazole rings is 1. The fourth-order valence-electron chi connectivity index (χ4n) is 2.80. The molecule has 0 spiro atoms. The van der Waals surface area contributed by atoms with Crippen molar-refractivity contribution >= 4 is 17.7 Å². The van der Waals surface area contributed by atoms with Crippen molar-refractivity contribution in [2.45, 2.75) is 43.4 Å². The van der Waals surface area contributed by atoms with Gasteiger partial charge in [0.1, 0.15) is 0 Å². The summed E-state index contributed by atoms with van der Waals surface area (Å²) < 4.78 is 7.63. The number of carbonyl (C=O) groups is 1. The molecule has 1 fully saturated rings. The number of rotatable bonds is 7. The number of thioether (sulfide) groups is 1. The minimum atomic E-state index is -0.0296. The highest BCUT2D eigenvalue weighted by Crippen LogP contribution is 2.26. The number of amides is 1. The summed E-state index contributed by atoms with van der Waals surface area (Å²) in [6.45, 7) is 3.57. The molecule has 6 heteroatoms. The number of hydrogen-bond donors (Lipinski definition) is 1. The molecule has 2 atom stereocenters. The third kappa shape index (κ3) is 4.61. The lowest BCUT2D eigenvalue weighted by Gasteiger charge is -2.16. The van der Waals surface area contributed by atoms with E-state index < -0.39 is 0 Å². The van der Waals surface area contributed by atoms with Crippen molar-refractivity contribution < 1.29 is 9.53 Å². The van der Waals surface area contributed by atoms with Crippen LogP contribution < -0.4 is 5.32 Å². The van der Waals surface area contributed by atoms with Crippen molar-refractivity contribution in [1.29, 1.82) is 0 Å². The smallest absolute Gasteiger partial charge is 0.252 e. The highest BCUT2D eigenvalue weighted by Gasteiger charge is 2.18.